The molecule has 0 saturated heterocycles. The van der Waals surface area contributed by atoms with Crippen LogP contribution in [0.15, 0.2) is 58.9 Å². The average molecular weight is 387 g/mol. The van der Waals surface area contributed by atoms with Crippen LogP contribution in [0.25, 0.3) is 11.4 Å². The fraction of sp³-hybridized carbons (Fsp3) is 0.118. The summed E-state index contributed by atoms with van der Waals surface area (Å²) in [6.45, 7) is 0. The van der Waals surface area contributed by atoms with E-state index >= 15 is 0 Å². The van der Waals surface area contributed by atoms with Gasteiger partial charge in [-0.2, -0.15) is 5.10 Å². The van der Waals surface area contributed by atoms with E-state index in [1.54, 1.807) is 24.4 Å². The molecule has 0 aliphatic heterocycles. The number of carbonyl (C=O) groups excluding carboxylic acids is 1. The monoisotopic (exact) mass is 386 g/mol. The first kappa shape index (κ1) is 18.1. The summed E-state index contributed by atoms with van der Waals surface area (Å²) in [5.41, 5.74) is 4.03. The molecule has 7 nitrogen and oxygen atoms in total. The molecule has 2 heterocycles. The molecule has 1 amide bonds. The molecule has 0 radical (unpaired) electrons. The van der Waals surface area contributed by atoms with E-state index in [-0.39, 0.29) is 11.7 Å². The SMILES string of the molecule is Cn1c(SCC(=O)N/N=C/c2ccccn2)nnc1-c1ccc(Cl)cc1. The maximum Gasteiger partial charge on any atom is 0.250 e. The minimum absolute atomic E-state index is 0.173. The highest BCUT2D eigenvalue weighted by atomic mass is 35.5. The molecule has 26 heavy (non-hydrogen) atoms. The number of rotatable bonds is 6. The predicted molar refractivity (Wildman–Crippen MR) is 102 cm³/mol. The molecule has 9 heteroatoms. The number of hydrazone groups is 1. The number of thioether (sulfide) groups is 1. The van der Waals surface area contributed by atoms with Gasteiger partial charge in [0, 0.05) is 23.8 Å². The van der Waals surface area contributed by atoms with Gasteiger partial charge in [-0.1, -0.05) is 29.4 Å². The van der Waals surface area contributed by atoms with E-state index in [0.29, 0.717) is 21.7 Å². The Bertz CT molecular complexity index is 911. The van der Waals surface area contributed by atoms with Crippen LogP contribution in [0.4, 0.5) is 0 Å². The van der Waals surface area contributed by atoms with Crippen LogP contribution < -0.4 is 5.43 Å². The van der Waals surface area contributed by atoms with Crippen LogP contribution in [-0.4, -0.2) is 37.6 Å². The number of halogens is 1. The van der Waals surface area contributed by atoms with Crippen LogP contribution in [0.1, 0.15) is 5.69 Å². The zero-order chi connectivity index (χ0) is 18.4. The van der Waals surface area contributed by atoms with Crippen LogP contribution in [0.3, 0.4) is 0 Å². The summed E-state index contributed by atoms with van der Waals surface area (Å²) < 4.78 is 1.83. The Morgan fingerprint density at radius 1 is 1.27 bits per heavy atom. The first-order valence-electron chi connectivity index (χ1n) is 7.64. The third-order valence-corrected chi connectivity index (χ3v) is 4.62. The van der Waals surface area contributed by atoms with Gasteiger partial charge < -0.3 is 4.57 Å². The molecule has 2 aromatic heterocycles. The van der Waals surface area contributed by atoms with E-state index in [1.807, 2.05) is 35.9 Å². The molecular weight excluding hydrogens is 372 g/mol. The van der Waals surface area contributed by atoms with Gasteiger partial charge in [-0.05, 0) is 36.4 Å². The van der Waals surface area contributed by atoms with Crippen molar-refractivity contribution in [3.05, 3.63) is 59.4 Å². The lowest BCUT2D eigenvalue weighted by atomic mass is 10.2. The molecule has 0 unspecified atom stereocenters. The van der Waals surface area contributed by atoms with E-state index in [1.165, 1.54) is 18.0 Å². The minimum Gasteiger partial charge on any atom is -0.305 e. The molecule has 132 valence electrons. The van der Waals surface area contributed by atoms with Crippen molar-refractivity contribution in [3.8, 4) is 11.4 Å². The second kappa shape index (κ2) is 8.59. The molecule has 1 aromatic carbocycles. The molecular formula is C17H15ClN6OS. The number of aromatic nitrogens is 4. The van der Waals surface area contributed by atoms with Crippen LogP contribution in [0.2, 0.25) is 5.02 Å². The minimum atomic E-state index is -0.238. The maximum atomic E-state index is 11.9. The van der Waals surface area contributed by atoms with Crippen molar-refractivity contribution in [2.45, 2.75) is 5.16 Å². The molecule has 3 rings (SSSR count). The number of benzene rings is 1. The third kappa shape index (κ3) is 4.68. The molecule has 0 saturated carbocycles. The lowest BCUT2D eigenvalue weighted by Gasteiger charge is -2.03. The first-order chi connectivity index (χ1) is 12.6. The van der Waals surface area contributed by atoms with Crippen molar-refractivity contribution in [1.82, 2.24) is 25.2 Å². The van der Waals surface area contributed by atoms with Gasteiger partial charge in [-0.3, -0.25) is 9.78 Å². The highest BCUT2D eigenvalue weighted by molar-refractivity contribution is 7.99. The summed E-state index contributed by atoms with van der Waals surface area (Å²) in [6.07, 6.45) is 3.15. The Morgan fingerprint density at radius 2 is 2.08 bits per heavy atom. The Kier molecular flexibility index (Phi) is 5.98. The normalized spacial score (nSPS) is 11.0. The number of nitrogens with zero attached hydrogens (tertiary/aromatic N) is 5. The van der Waals surface area contributed by atoms with Gasteiger partial charge in [0.2, 0.25) is 0 Å². The predicted octanol–water partition coefficient (Wildman–Crippen LogP) is 2.77. The van der Waals surface area contributed by atoms with Gasteiger partial charge in [0.1, 0.15) is 0 Å². The van der Waals surface area contributed by atoms with Crippen LogP contribution in [0.5, 0.6) is 0 Å². The zero-order valence-corrected chi connectivity index (χ0v) is 15.4. The molecule has 0 atom stereocenters. The topological polar surface area (TPSA) is 85.1 Å². The van der Waals surface area contributed by atoms with Crippen molar-refractivity contribution >= 4 is 35.5 Å². The fourth-order valence-corrected chi connectivity index (χ4v) is 2.91. The van der Waals surface area contributed by atoms with Crippen molar-refractivity contribution in [2.75, 3.05) is 5.75 Å². The van der Waals surface area contributed by atoms with Crippen molar-refractivity contribution in [1.29, 1.82) is 0 Å². The van der Waals surface area contributed by atoms with Crippen molar-refractivity contribution in [2.24, 2.45) is 12.1 Å². The van der Waals surface area contributed by atoms with E-state index in [4.69, 9.17) is 11.6 Å². The van der Waals surface area contributed by atoms with Gasteiger partial charge in [0.15, 0.2) is 11.0 Å². The van der Waals surface area contributed by atoms with E-state index in [2.05, 4.69) is 25.7 Å². The van der Waals surface area contributed by atoms with Gasteiger partial charge in [0.25, 0.3) is 5.91 Å². The number of carbonyl (C=O) groups is 1. The highest BCUT2D eigenvalue weighted by Gasteiger charge is 2.12. The lowest BCUT2D eigenvalue weighted by Crippen LogP contribution is -2.20. The Hall–Kier alpha value is -2.71. The Labute approximate surface area is 159 Å². The number of amides is 1. The summed E-state index contributed by atoms with van der Waals surface area (Å²) in [4.78, 5) is 16.0. The molecule has 0 aliphatic carbocycles. The first-order valence-corrected chi connectivity index (χ1v) is 9.01. The van der Waals surface area contributed by atoms with Crippen molar-refractivity contribution in [3.63, 3.8) is 0 Å². The average Bonchev–Trinajstić information content (AvgIpc) is 3.02. The molecule has 0 fully saturated rings. The van der Waals surface area contributed by atoms with Gasteiger partial charge >= 0.3 is 0 Å². The molecule has 0 aliphatic rings. The van der Waals surface area contributed by atoms with Crippen LogP contribution in [0, 0.1) is 0 Å². The van der Waals surface area contributed by atoms with E-state index in [0.717, 1.165) is 5.56 Å². The Morgan fingerprint density at radius 3 is 2.81 bits per heavy atom. The van der Waals surface area contributed by atoms with E-state index < -0.39 is 0 Å². The summed E-state index contributed by atoms with van der Waals surface area (Å²) in [6, 6.07) is 12.8. The second-order valence-electron chi connectivity index (χ2n) is 5.21. The van der Waals surface area contributed by atoms with E-state index in [9.17, 15) is 4.79 Å². The summed E-state index contributed by atoms with van der Waals surface area (Å²) in [7, 11) is 1.85. The van der Waals surface area contributed by atoms with Gasteiger partial charge in [0.05, 0.1) is 17.7 Å². The fourth-order valence-electron chi connectivity index (χ4n) is 2.08. The summed E-state index contributed by atoms with van der Waals surface area (Å²) in [5.74, 6) is 0.641. The molecule has 1 N–H and O–H groups in total. The second-order valence-corrected chi connectivity index (χ2v) is 6.59. The number of pyridine rings is 1. The summed E-state index contributed by atoms with van der Waals surface area (Å²) >= 11 is 7.18. The van der Waals surface area contributed by atoms with Crippen LogP contribution >= 0.6 is 23.4 Å². The summed E-state index contributed by atoms with van der Waals surface area (Å²) in [5, 5.41) is 13.5. The molecule has 3 aromatic rings. The zero-order valence-electron chi connectivity index (χ0n) is 13.8. The van der Waals surface area contributed by atoms with Gasteiger partial charge in [-0.25, -0.2) is 5.43 Å². The molecule has 0 spiro atoms. The highest BCUT2D eigenvalue weighted by Crippen LogP contribution is 2.23. The number of hydrogen-bond donors (Lipinski definition) is 1. The largest absolute Gasteiger partial charge is 0.305 e. The number of hydrogen-bond acceptors (Lipinski definition) is 6. The lowest BCUT2D eigenvalue weighted by molar-refractivity contribution is -0.118. The van der Waals surface area contributed by atoms with Crippen molar-refractivity contribution < 1.29 is 4.79 Å². The van der Waals surface area contributed by atoms with Crippen LogP contribution in [-0.2, 0) is 11.8 Å². The smallest absolute Gasteiger partial charge is 0.250 e. The standard InChI is InChI=1S/C17H15ClN6OS/c1-24-16(12-5-7-13(18)8-6-12)22-23-17(24)26-11-15(25)21-20-10-14-4-2-3-9-19-14/h2-10H,11H2,1H3,(H,21,25)/b20-10+. The quantitative estimate of drug-likeness (QED) is 0.400. The number of nitrogens with one attached hydrogen (secondary N) is 1. The maximum absolute atomic E-state index is 11.9. The third-order valence-electron chi connectivity index (χ3n) is 3.34. The molecule has 0 bridgehead atoms. The Balaban J connectivity index is 1.55. The van der Waals surface area contributed by atoms with Gasteiger partial charge in [-0.15, -0.1) is 10.2 Å².